The Morgan fingerprint density at radius 3 is 2.35 bits per heavy atom. The molecule has 1 amide bonds. The zero-order chi connectivity index (χ0) is 22.1. The van der Waals surface area contributed by atoms with Crippen LogP contribution in [0.2, 0.25) is 0 Å². The quantitative estimate of drug-likeness (QED) is 0.402. The molecule has 0 unspecified atom stereocenters. The van der Waals surface area contributed by atoms with Crippen LogP contribution in [0.15, 0.2) is 71.2 Å². The Balaban J connectivity index is 1.60. The predicted molar refractivity (Wildman–Crippen MR) is 128 cm³/mol. The fraction of sp³-hybridized carbons (Fsp3) is 0.240. The van der Waals surface area contributed by atoms with E-state index >= 15 is 0 Å². The minimum Gasteiger partial charge on any atom is -0.490 e. The van der Waals surface area contributed by atoms with Gasteiger partial charge in [0.15, 0.2) is 18.1 Å². The van der Waals surface area contributed by atoms with Crippen LogP contribution in [0.25, 0.3) is 0 Å². The summed E-state index contributed by atoms with van der Waals surface area (Å²) in [6, 6.07) is 21.7. The van der Waals surface area contributed by atoms with Crippen LogP contribution < -0.4 is 20.1 Å². The maximum atomic E-state index is 12.3. The molecule has 0 fully saturated rings. The smallest absolute Gasteiger partial charge is 0.262 e. The molecule has 0 aliphatic carbocycles. The van der Waals surface area contributed by atoms with Crippen molar-refractivity contribution in [2.75, 3.05) is 18.5 Å². The third-order valence-electron chi connectivity index (χ3n) is 4.59. The van der Waals surface area contributed by atoms with Gasteiger partial charge in [-0.15, -0.1) is 0 Å². The van der Waals surface area contributed by atoms with E-state index in [1.54, 1.807) is 0 Å². The summed E-state index contributed by atoms with van der Waals surface area (Å²) >= 11 is 3.61. The van der Waals surface area contributed by atoms with Crippen molar-refractivity contribution in [2.24, 2.45) is 0 Å². The van der Waals surface area contributed by atoms with E-state index in [2.05, 4.69) is 38.7 Å². The first-order valence-electron chi connectivity index (χ1n) is 10.2. The van der Waals surface area contributed by atoms with E-state index < -0.39 is 0 Å². The van der Waals surface area contributed by atoms with Crippen LogP contribution in [0.3, 0.4) is 0 Å². The summed E-state index contributed by atoms with van der Waals surface area (Å²) in [4.78, 5) is 12.3. The van der Waals surface area contributed by atoms with Crippen molar-refractivity contribution >= 4 is 27.5 Å². The van der Waals surface area contributed by atoms with Crippen LogP contribution in [-0.4, -0.2) is 19.1 Å². The highest BCUT2D eigenvalue weighted by Crippen LogP contribution is 2.34. The summed E-state index contributed by atoms with van der Waals surface area (Å²) in [5.41, 5.74) is 4.16. The van der Waals surface area contributed by atoms with E-state index in [0.717, 1.165) is 27.8 Å². The van der Waals surface area contributed by atoms with Gasteiger partial charge in [0.05, 0.1) is 6.61 Å². The molecule has 0 aromatic heterocycles. The molecular formula is C25H27BrN2O3. The Hall–Kier alpha value is -2.83. The highest BCUT2D eigenvalue weighted by Gasteiger charge is 2.13. The van der Waals surface area contributed by atoms with Crippen molar-refractivity contribution in [1.82, 2.24) is 5.32 Å². The minimum atomic E-state index is -0.226. The van der Waals surface area contributed by atoms with Crippen LogP contribution in [0, 0.1) is 6.92 Å². The largest absolute Gasteiger partial charge is 0.490 e. The van der Waals surface area contributed by atoms with Crippen molar-refractivity contribution in [3.8, 4) is 11.5 Å². The van der Waals surface area contributed by atoms with Crippen LogP contribution >= 0.6 is 15.9 Å². The number of aryl methyl sites for hydroxylation is 1. The Morgan fingerprint density at radius 1 is 0.935 bits per heavy atom. The summed E-state index contributed by atoms with van der Waals surface area (Å²) in [6.07, 6.45) is 0. The molecule has 5 nitrogen and oxygen atoms in total. The van der Waals surface area contributed by atoms with Gasteiger partial charge < -0.3 is 20.1 Å². The predicted octanol–water partition coefficient (Wildman–Crippen LogP) is 5.46. The Bertz CT molecular complexity index is 992. The average Bonchev–Trinajstić information content (AvgIpc) is 2.77. The summed E-state index contributed by atoms with van der Waals surface area (Å²) < 4.78 is 12.4. The molecule has 0 aliphatic rings. The van der Waals surface area contributed by atoms with Crippen LogP contribution in [0.4, 0.5) is 5.69 Å². The molecule has 31 heavy (non-hydrogen) atoms. The molecule has 0 aliphatic heterocycles. The third kappa shape index (κ3) is 7.12. The zero-order valence-electron chi connectivity index (χ0n) is 17.8. The summed E-state index contributed by atoms with van der Waals surface area (Å²) in [7, 11) is 0. The lowest BCUT2D eigenvalue weighted by Gasteiger charge is -2.15. The number of amides is 1. The minimum absolute atomic E-state index is 0.105. The lowest BCUT2D eigenvalue weighted by atomic mass is 10.2. The van der Waals surface area contributed by atoms with Gasteiger partial charge >= 0.3 is 0 Å². The van der Waals surface area contributed by atoms with Gasteiger partial charge in [-0.1, -0.05) is 64.0 Å². The van der Waals surface area contributed by atoms with Crippen molar-refractivity contribution in [3.63, 3.8) is 0 Å². The van der Waals surface area contributed by atoms with Crippen LogP contribution in [0.5, 0.6) is 11.5 Å². The molecule has 3 rings (SSSR count). The molecule has 0 saturated carbocycles. The number of hydrogen-bond donors (Lipinski definition) is 2. The number of benzene rings is 3. The monoisotopic (exact) mass is 482 g/mol. The molecule has 0 saturated heterocycles. The molecule has 0 heterocycles. The van der Waals surface area contributed by atoms with Gasteiger partial charge in [0, 0.05) is 23.2 Å². The normalized spacial score (nSPS) is 10.5. The summed E-state index contributed by atoms with van der Waals surface area (Å²) in [6.45, 7) is 5.76. The maximum absolute atomic E-state index is 12.3. The molecule has 2 N–H and O–H groups in total. The Labute approximate surface area is 191 Å². The standard InChI is InChI=1S/C25H27BrN2O3/c1-3-30-23-13-20(16-27-15-19-7-5-4-6-8-19)22(26)14-24(23)31-17-25(29)28-21-11-9-18(2)10-12-21/h4-14,27H,3,15-17H2,1-2H3,(H,28,29). The number of halogens is 1. The first kappa shape index (κ1) is 22.8. The molecule has 0 bridgehead atoms. The molecule has 3 aromatic carbocycles. The van der Waals surface area contributed by atoms with Gasteiger partial charge in [-0.2, -0.15) is 0 Å². The number of nitrogens with one attached hydrogen (secondary N) is 2. The van der Waals surface area contributed by atoms with E-state index in [4.69, 9.17) is 9.47 Å². The SMILES string of the molecule is CCOc1cc(CNCc2ccccc2)c(Br)cc1OCC(=O)Nc1ccc(C)cc1. The average molecular weight is 483 g/mol. The Morgan fingerprint density at radius 2 is 1.65 bits per heavy atom. The topological polar surface area (TPSA) is 59.6 Å². The van der Waals surface area contributed by atoms with Crippen molar-refractivity contribution in [1.29, 1.82) is 0 Å². The van der Waals surface area contributed by atoms with Gasteiger partial charge in [0.2, 0.25) is 0 Å². The van der Waals surface area contributed by atoms with Crippen LogP contribution in [0.1, 0.15) is 23.6 Å². The number of carbonyl (C=O) groups is 1. The zero-order valence-corrected chi connectivity index (χ0v) is 19.4. The molecule has 6 heteroatoms. The van der Waals surface area contributed by atoms with E-state index in [-0.39, 0.29) is 12.5 Å². The first-order valence-corrected chi connectivity index (χ1v) is 11.0. The molecule has 162 valence electrons. The molecule has 0 atom stereocenters. The second kappa shape index (κ2) is 11.5. The third-order valence-corrected chi connectivity index (χ3v) is 5.33. The fourth-order valence-electron chi connectivity index (χ4n) is 3.01. The fourth-order valence-corrected chi connectivity index (χ4v) is 3.47. The highest BCUT2D eigenvalue weighted by atomic mass is 79.9. The van der Waals surface area contributed by atoms with Crippen molar-refractivity contribution < 1.29 is 14.3 Å². The highest BCUT2D eigenvalue weighted by molar-refractivity contribution is 9.10. The van der Waals surface area contributed by atoms with Gasteiger partial charge in [-0.25, -0.2) is 0 Å². The van der Waals surface area contributed by atoms with Gasteiger partial charge in [-0.05, 0) is 49.2 Å². The van der Waals surface area contributed by atoms with E-state index in [1.807, 2.05) is 68.4 Å². The van der Waals surface area contributed by atoms with Crippen LogP contribution in [-0.2, 0) is 17.9 Å². The number of hydrogen-bond acceptors (Lipinski definition) is 4. The number of ether oxygens (including phenoxy) is 2. The second-order valence-corrected chi connectivity index (χ2v) is 7.97. The van der Waals surface area contributed by atoms with Gasteiger partial charge in [0.25, 0.3) is 5.91 Å². The number of rotatable bonds is 10. The number of carbonyl (C=O) groups excluding carboxylic acids is 1. The maximum Gasteiger partial charge on any atom is 0.262 e. The summed E-state index contributed by atoms with van der Waals surface area (Å²) in [5, 5.41) is 6.27. The van der Waals surface area contributed by atoms with E-state index in [1.165, 1.54) is 5.56 Å². The lowest BCUT2D eigenvalue weighted by molar-refractivity contribution is -0.118. The first-order chi connectivity index (χ1) is 15.0. The molecule has 0 spiro atoms. The Kier molecular flexibility index (Phi) is 8.50. The van der Waals surface area contributed by atoms with Gasteiger partial charge in [0.1, 0.15) is 0 Å². The second-order valence-electron chi connectivity index (χ2n) is 7.12. The number of anilines is 1. The van der Waals surface area contributed by atoms with E-state index in [9.17, 15) is 4.79 Å². The summed E-state index contributed by atoms with van der Waals surface area (Å²) in [5.74, 6) is 0.918. The molecule has 0 radical (unpaired) electrons. The van der Waals surface area contributed by atoms with Gasteiger partial charge in [-0.3, -0.25) is 4.79 Å². The molecular weight excluding hydrogens is 456 g/mol. The van der Waals surface area contributed by atoms with E-state index in [0.29, 0.717) is 24.7 Å². The van der Waals surface area contributed by atoms with Crippen molar-refractivity contribution in [2.45, 2.75) is 26.9 Å². The van der Waals surface area contributed by atoms with Crippen molar-refractivity contribution in [3.05, 3.63) is 87.9 Å². The molecule has 3 aromatic rings. The lowest BCUT2D eigenvalue weighted by Crippen LogP contribution is -2.20.